The molecule has 4 nitrogen and oxygen atoms in total. The van der Waals surface area contributed by atoms with E-state index in [1.165, 1.54) is 0 Å². The second kappa shape index (κ2) is 8.48. The molecule has 17 heavy (non-hydrogen) atoms. The van der Waals surface area contributed by atoms with Gasteiger partial charge in [-0.05, 0) is 34.1 Å². The number of unbranched alkanes of at least 4 members (excludes halogenated alkanes) is 1. The summed E-state index contributed by atoms with van der Waals surface area (Å²) in [6.07, 6.45) is 1.64. The molecule has 0 spiro atoms. The summed E-state index contributed by atoms with van der Waals surface area (Å²) in [5, 5.41) is 0. The zero-order valence-electron chi connectivity index (χ0n) is 11.7. The Labute approximate surface area is 105 Å². The summed E-state index contributed by atoms with van der Waals surface area (Å²) in [6.45, 7) is 11.0. The molecule has 0 aromatic heterocycles. The Bertz CT molecular complexity index is 208. The van der Waals surface area contributed by atoms with Gasteiger partial charge in [0.1, 0.15) is 5.60 Å². The summed E-state index contributed by atoms with van der Waals surface area (Å²) >= 11 is 0. The third-order valence-electron chi connectivity index (χ3n) is 1.98. The van der Waals surface area contributed by atoms with Gasteiger partial charge in [-0.2, -0.15) is 0 Å². The quantitative estimate of drug-likeness (QED) is 0.487. The van der Waals surface area contributed by atoms with Gasteiger partial charge in [0, 0.05) is 6.61 Å². The van der Waals surface area contributed by atoms with Crippen molar-refractivity contribution in [3.63, 3.8) is 0 Å². The number of rotatable bonds is 8. The zero-order valence-corrected chi connectivity index (χ0v) is 11.7. The maximum Gasteiger partial charge on any atom is 0.335 e. The number of ether oxygens (including phenoxy) is 3. The van der Waals surface area contributed by atoms with Crippen molar-refractivity contribution in [2.75, 3.05) is 19.8 Å². The van der Waals surface area contributed by atoms with Crippen LogP contribution >= 0.6 is 0 Å². The van der Waals surface area contributed by atoms with Crippen molar-refractivity contribution in [2.45, 2.75) is 59.2 Å². The van der Waals surface area contributed by atoms with E-state index in [0.29, 0.717) is 13.2 Å². The highest BCUT2D eigenvalue weighted by Gasteiger charge is 2.21. The van der Waals surface area contributed by atoms with E-state index >= 15 is 0 Å². The molecule has 0 saturated carbocycles. The second-order valence-electron chi connectivity index (χ2n) is 5.01. The molecule has 0 amide bonds. The van der Waals surface area contributed by atoms with E-state index in [4.69, 9.17) is 14.2 Å². The molecule has 0 saturated heterocycles. The van der Waals surface area contributed by atoms with Gasteiger partial charge in [0.05, 0.1) is 13.2 Å². The second-order valence-corrected chi connectivity index (χ2v) is 5.01. The lowest BCUT2D eigenvalue weighted by Crippen LogP contribution is -2.32. The van der Waals surface area contributed by atoms with Gasteiger partial charge in [0.15, 0.2) is 6.10 Å². The van der Waals surface area contributed by atoms with Crippen molar-refractivity contribution in [3.05, 3.63) is 0 Å². The lowest BCUT2D eigenvalue weighted by molar-refractivity contribution is -0.168. The van der Waals surface area contributed by atoms with Gasteiger partial charge in [-0.25, -0.2) is 4.79 Å². The van der Waals surface area contributed by atoms with Crippen LogP contribution in [0.1, 0.15) is 47.5 Å². The fourth-order valence-corrected chi connectivity index (χ4v) is 1.09. The van der Waals surface area contributed by atoms with E-state index in [0.717, 1.165) is 19.4 Å². The predicted octanol–water partition coefficient (Wildman–Crippen LogP) is 2.55. The summed E-state index contributed by atoms with van der Waals surface area (Å²) in [5.74, 6) is -0.328. The molecule has 0 aromatic rings. The summed E-state index contributed by atoms with van der Waals surface area (Å²) in [6, 6.07) is 0. The van der Waals surface area contributed by atoms with Crippen LogP contribution in [0.2, 0.25) is 0 Å². The van der Waals surface area contributed by atoms with E-state index in [-0.39, 0.29) is 5.97 Å². The number of hydrogen-bond donors (Lipinski definition) is 0. The van der Waals surface area contributed by atoms with E-state index in [1.54, 1.807) is 6.92 Å². The minimum atomic E-state index is -0.538. The maximum atomic E-state index is 11.5. The van der Waals surface area contributed by atoms with Crippen LogP contribution in [-0.2, 0) is 19.0 Å². The smallest absolute Gasteiger partial charge is 0.335 e. The molecular formula is C13H26O4. The maximum absolute atomic E-state index is 11.5. The van der Waals surface area contributed by atoms with E-state index < -0.39 is 11.7 Å². The third-order valence-corrected chi connectivity index (χ3v) is 1.98. The fraction of sp³-hybridized carbons (Fsp3) is 0.923. The van der Waals surface area contributed by atoms with Gasteiger partial charge < -0.3 is 14.2 Å². The van der Waals surface area contributed by atoms with Crippen molar-refractivity contribution < 1.29 is 19.0 Å². The molecular weight excluding hydrogens is 220 g/mol. The van der Waals surface area contributed by atoms with E-state index in [1.807, 2.05) is 20.8 Å². The van der Waals surface area contributed by atoms with Crippen molar-refractivity contribution in [2.24, 2.45) is 0 Å². The first-order valence-corrected chi connectivity index (χ1v) is 6.29. The number of carbonyl (C=O) groups is 1. The molecule has 0 fully saturated rings. The summed E-state index contributed by atoms with van der Waals surface area (Å²) in [4.78, 5) is 11.5. The molecule has 0 aromatic carbocycles. The van der Waals surface area contributed by atoms with Crippen LogP contribution in [-0.4, -0.2) is 37.5 Å². The Morgan fingerprint density at radius 1 is 1.18 bits per heavy atom. The number of hydrogen-bond acceptors (Lipinski definition) is 4. The first kappa shape index (κ1) is 16.4. The zero-order chi connectivity index (χ0) is 13.3. The van der Waals surface area contributed by atoms with Crippen molar-refractivity contribution >= 4 is 5.97 Å². The monoisotopic (exact) mass is 246 g/mol. The van der Waals surface area contributed by atoms with Crippen molar-refractivity contribution in [1.29, 1.82) is 0 Å². The van der Waals surface area contributed by atoms with Gasteiger partial charge in [-0.3, -0.25) is 0 Å². The Balaban J connectivity index is 3.58. The van der Waals surface area contributed by atoms with Crippen LogP contribution < -0.4 is 0 Å². The van der Waals surface area contributed by atoms with E-state index in [2.05, 4.69) is 6.92 Å². The van der Waals surface area contributed by atoms with Crippen LogP contribution in [0.15, 0.2) is 0 Å². The average Bonchev–Trinajstić information content (AvgIpc) is 2.20. The van der Waals surface area contributed by atoms with Gasteiger partial charge in [0.2, 0.25) is 0 Å². The highest BCUT2D eigenvalue weighted by Crippen LogP contribution is 2.09. The number of esters is 1. The van der Waals surface area contributed by atoms with Gasteiger partial charge in [-0.1, -0.05) is 13.3 Å². The minimum absolute atomic E-state index is 0.328. The standard InChI is InChI=1S/C13H26O4/c1-6-7-8-15-9-10-16-11(2)12(14)17-13(3,4)5/h11H,6-10H2,1-5H3. The molecule has 102 valence electrons. The molecule has 0 N–H and O–H groups in total. The highest BCUT2D eigenvalue weighted by atomic mass is 16.6. The largest absolute Gasteiger partial charge is 0.458 e. The number of carbonyl (C=O) groups excluding carboxylic acids is 1. The summed E-state index contributed by atoms with van der Waals surface area (Å²) < 4.78 is 15.8. The van der Waals surface area contributed by atoms with Crippen molar-refractivity contribution in [1.82, 2.24) is 0 Å². The highest BCUT2D eigenvalue weighted by molar-refractivity contribution is 5.74. The van der Waals surface area contributed by atoms with Gasteiger partial charge >= 0.3 is 5.97 Å². The summed E-state index contributed by atoms with van der Waals surface area (Å²) in [7, 11) is 0. The Morgan fingerprint density at radius 2 is 1.82 bits per heavy atom. The van der Waals surface area contributed by atoms with Gasteiger partial charge in [-0.15, -0.1) is 0 Å². The Morgan fingerprint density at radius 3 is 2.35 bits per heavy atom. The topological polar surface area (TPSA) is 44.8 Å². The van der Waals surface area contributed by atoms with Crippen molar-refractivity contribution in [3.8, 4) is 0 Å². The predicted molar refractivity (Wildman–Crippen MR) is 67.0 cm³/mol. The molecule has 0 aliphatic carbocycles. The Hall–Kier alpha value is -0.610. The van der Waals surface area contributed by atoms with Crippen LogP contribution in [0.5, 0.6) is 0 Å². The molecule has 0 radical (unpaired) electrons. The lowest BCUT2D eigenvalue weighted by atomic mass is 10.2. The average molecular weight is 246 g/mol. The lowest BCUT2D eigenvalue weighted by Gasteiger charge is -2.22. The first-order chi connectivity index (χ1) is 7.87. The van der Waals surface area contributed by atoms with Crippen LogP contribution in [0.3, 0.4) is 0 Å². The van der Waals surface area contributed by atoms with Crippen LogP contribution in [0, 0.1) is 0 Å². The SMILES string of the molecule is CCCCOCCOC(C)C(=O)OC(C)(C)C. The molecule has 0 rings (SSSR count). The summed E-state index contributed by atoms with van der Waals surface area (Å²) in [5.41, 5.74) is -0.466. The fourth-order valence-electron chi connectivity index (χ4n) is 1.09. The molecule has 4 heteroatoms. The molecule has 1 unspecified atom stereocenters. The molecule has 1 atom stereocenters. The molecule has 0 heterocycles. The molecule has 0 aliphatic heterocycles. The Kier molecular flexibility index (Phi) is 8.17. The molecule has 0 aliphatic rings. The normalized spacial score (nSPS) is 13.5. The van der Waals surface area contributed by atoms with Gasteiger partial charge in [0.25, 0.3) is 0 Å². The minimum Gasteiger partial charge on any atom is -0.458 e. The first-order valence-electron chi connectivity index (χ1n) is 6.29. The van der Waals surface area contributed by atoms with E-state index in [9.17, 15) is 4.79 Å². The van der Waals surface area contributed by atoms with Crippen LogP contribution in [0.25, 0.3) is 0 Å². The van der Waals surface area contributed by atoms with Crippen LogP contribution in [0.4, 0.5) is 0 Å². The third kappa shape index (κ3) is 10.3. The molecule has 0 bridgehead atoms.